The first-order chi connectivity index (χ1) is 10.7. The summed E-state index contributed by atoms with van der Waals surface area (Å²) in [7, 11) is 0. The molecule has 1 heterocycles. The van der Waals surface area contributed by atoms with Gasteiger partial charge >= 0.3 is 6.09 Å². The molecule has 1 N–H and O–H groups in total. The quantitative estimate of drug-likeness (QED) is 0.915. The van der Waals surface area contributed by atoms with Crippen LogP contribution in [0.15, 0.2) is 24.3 Å². The Morgan fingerprint density at radius 1 is 1.35 bits per heavy atom. The van der Waals surface area contributed by atoms with Crippen molar-refractivity contribution in [3.8, 4) is 0 Å². The Hall–Kier alpha value is -1.55. The minimum atomic E-state index is -0.423. The van der Waals surface area contributed by atoms with Gasteiger partial charge in [-0.2, -0.15) is 0 Å². The predicted octanol–water partition coefficient (Wildman–Crippen LogP) is 3.90. The van der Waals surface area contributed by atoms with E-state index in [0.717, 1.165) is 26.1 Å². The molecule has 1 fully saturated rings. The van der Waals surface area contributed by atoms with E-state index < -0.39 is 5.60 Å². The van der Waals surface area contributed by atoms with E-state index >= 15 is 0 Å². The minimum absolute atomic E-state index is 0.188. The number of benzene rings is 1. The topological polar surface area (TPSA) is 41.6 Å². The van der Waals surface area contributed by atoms with Crippen LogP contribution in [0, 0.1) is 12.8 Å². The van der Waals surface area contributed by atoms with Gasteiger partial charge in [0.2, 0.25) is 0 Å². The van der Waals surface area contributed by atoms with Crippen molar-refractivity contribution in [1.29, 1.82) is 0 Å². The lowest BCUT2D eigenvalue weighted by Gasteiger charge is -2.24. The smallest absolute Gasteiger partial charge is 0.410 e. The number of carbonyl (C=O) groups is 1. The maximum atomic E-state index is 12.1. The van der Waals surface area contributed by atoms with Crippen LogP contribution >= 0.6 is 0 Å². The van der Waals surface area contributed by atoms with Crippen LogP contribution in [0.3, 0.4) is 0 Å². The Bertz CT molecular complexity index is 519. The molecule has 4 heteroatoms. The van der Waals surface area contributed by atoms with Crippen LogP contribution in [-0.4, -0.2) is 36.2 Å². The molecule has 2 rings (SSSR count). The van der Waals surface area contributed by atoms with Crippen molar-refractivity contribution in [2.45, 2.75) is 52.7 Å². The van der Waals surface area contributed by atoms with E-state index in [1.807, 2.05) is 25.7 Å². The van der Waals surface area contributed by atoms with Gasteiger partial charge in [-0.1, -0.05) is 29.8 Å². The van der Waals surface area contributed by atoms with Gasteiger partial charge in [0.25, 0.3) is 0 Å². The van der Waals surface area contributed by atoms with E-state index in [9.17, 15) is 4.79 Å². The van der Waals surface area contributed by atoms with Crippen molar-refractivity contribution in [1.82, 2.24) is 10.2 Å². The van der Waals surface area contributed by atoms with Gasteiger partial charge < -0.3 is 15.0 Å². The molecule has 1 aliphatic rings. The minimum Gasteiger partial charge on any atom is -0.444 e. The van der Waals surface area contributed by atoms with Crippen LogP contribution in [0.5, 0.6) is 0 Å². The molecule has 1 saturated heterocycles. The first kappa shape index (κ1) is 17.8. The Labute approximate surface area is 140 Å². The lowest BCUT2D eigenvalue weighted by atomic mass is 10.0. The van der Waals surface area contributed by atoms with Crippen LogP contribution in [0.4, 0.5) is 4.79 Å². The maximum Gasteiger partial charge on any atom is 0.410 e. The summed E-state index contributed by atoms with van der Waals surface area (Å²) in [6.07, 6.45) is 0.846. The zero-order valence-electron chi connectivity index (χ0n) is 15.1. The summed E-state index contributed by atoms with van der Waals surface area (Å²) in [5.74, 6) is 0.496. The summed E-state index contributed by atoms with van der Waals surface area (Å²) in [6.45, 7) is 12.5. The summed E-state index contributed by atoms with van der Waals surface area (Å²) in [6, 6.07) is 8.97. The molecule has 0 radical (unpaired) electrons. The second kappa shape index (κ2) is 7.35. The predicted molar refractivity (Wildman–Crippen MR) is 93.5 cm³/mol. The Balaban J connectivity index is 1.77. The normalized spacial score (nSPS) is 19.7. The summed E-state index contributed by atoms with van der Waals surface area (Å²) < 4.78 is 5.44. The zero-order chi connectivity index (χ0) is 17.0. The number of hydrogen-bond donors (Lipinski definition) is 1. The highest BCUT2D eigenvalue weighted by atomic mass is 16.6. The SMILES string of the molecule is Cc1ccc(C(C)NCC2CCN(C(=O)OC(C)(C)C)C2)cc1. The lowest BCUT2D eigenvalue weighted by Crippen LogP contribution is -2.36. The monoisotopic (exact) mass is 318 g/mol. The summed E-state index contributed by atoms with van der Waals surface area (Å²) in [4.78, 5) is 13.9. The molecule has 1 amide bonds. The highest BCUT2D eigenvalue weighted by molar-refractivity contribution is 5.68. The fraction of sp³-hybridized carbons (Fsp3) is 0.632. The molecule has 1 aromatic rings. The van der Waals surface area contributed by atoms with Gasteiger partial charge in [-0.3, -0.25) is 0 Å². The first-order valence-corrected chi connectivity index (χ1v) is 8.52. The number of hydrogen-bond acceptors (Lipinski definition) is 3. The Morgan fingerprint density at radius 3 is 2.61 bits per heavy atom. The van der Waals surface area contributed by atoms with E-state index in [1.54, 1.807) is 0 Å². The summed E-state index contributed by atoms with van der Waals surface area (Å²) >= 11 is 0. The molecule has 0 spiro atoms. The Morgan fingerprint density at radius 2 is 2.00 bits per heavy atom. The second-order valence-electron chi connectivity index (χ2n) is 7.62. The van der Waals surface area contributed by atoms with Gasteiger partial charge in [-0.05, 0) is 52.5 Å². The average molecular weight is 318 g/mol. The second-order valence-corrected chi connectivity index (χ2v) is 7.62. The van der Waals surface area contributed by atoms with Crippen LogP contribution < -0.4 is 5.32 Å². The van der Waals surface area contributed by atoms with Crippen molar-refractivity contribution in [3.05, 3.63) is 35.4 Å². The number of nitrogens with zero attached hydrogens (tertiary/aromatic N) is 1. The van der Waals surface area contributed by atoms with Gasteiger partial charge in [-0.15, -0.1) is 0 Å². The van der Waals surface area contributed by atoms with Gasteiger partial charge in [0.05, 0.1) is 0 Å². The van der Waals surface area contributed by atoms with Crippen molar-refractivity contribution in [2.24, 2.45) is 5.92 Å². The number of likely N-dealkylation sites (tertiary alicyclic amines) is 1. The number of carbonyl (C=O) groups excluding carboxylic acids is 1. The molecular weight excluding hydrogens is 288 g/mol. The zero-order valence-corrected chi connectivity index (χ0v) is 15.1. The molecule has 0 saturated carbocycles. The standard InChI is InChI=1S/C19H30N2O2/c1-14-6-8-17(9-7-14)15(2)20-12-16-10-11-21(13-16)18(22)23-19(3,4)5/h6-9,15-16,20H,10-13H2,1-5H3. The molecule has 0 aromatic heterocycles. The number of nitrogens with one attached hydrogen (secondary N) is 1. The third-order valence-electron chi connectivity index (χ3n) is 4.23. The molecule has 2 atom stereocenters. The van der Waals surface area contributed by atoms with Crippen LogP contribution in [0.25, 0.3) is 0 Å². The molecule has 128 valence electrons. The van der Waals surface area contributed by atoms with Gasteiger partial charge in [0.1, 0.15) is 5.60 Å². The molecule has 0 bridgehead atoms. The number of ether oxygens (including phenoxy) is 1. The molecule has 2 unspecified atom stereocenters. The van der Waals surface area contributed by atoms with Crippen molar-refractivity contribution in [3.63, 3.8) is 0 Å². The third-order valence-corrected chi connectivity index (χ3v) is 4.23. The van der Waals surface area contributed by atoms with Gasteiger partial charge in [-0.25, -0.2) is 4.79 Å². The lowest BCUT2D eigenvalue weighted by molar-refractivity contribution is 0.0288. The van der Waals surface area contributed by atoms with Gasteiger partial charge in [0.15, 0.2) is 0 Å². The van der Waals surface area contributed by atoms with Gasteiger partial charge in [0, 0.05) is 25.7 Å². The van der Waals surface area contributed by atoms with Crippen molar-refractivity contribution < 1.29 is 9.53 Å². The van der Waals surface area contributed by atoms with Crippen molar-refractivity contribution >= 4 is 6.09 Å². The Kier molecular flexibility index (Phi) is 5.69. The van der Waals surface area contributed by atoms with Crippen LogP contribution in [0.2, 0.25) is 0 Å². The molecule has 1 aromatic carbocycles. The third kappa shape index (κ3) is 5.54. The highest BCUT2D eigenvalue weighted by Gasteiger charge is 2.29. The first-order valence-electron chi connectivity index (χ1n) is 8.52. The summed E-state index contributed by atoms with van der Waals surface area (Å²) in [5.41, 5.74) is 2.16. The fourth-order valence-corrected chi connectivity index (χ4v) is 2.81. The fourth-order valence-electron chi connectivity index (χ4n) is 2.81. The van der Waals surface area contributed by atoms with Crippen LogP contribution in [-0.2, 0) is 4.74 Å². The molecule has 0 aliphatic carbocycles. The van der Waals surface area contributed by atoms with E-state index in [4.69, 9.17) is 4.74 Å². The number of aryl methyl sites for hydroxylation is 1. The molecule has 4 nitrogen and oxygen atoms in total. The van der Waals surface area contributed by atoms with E-state index in [0.29, 0.717) is 12.0 Å². The average Bonchev–Trinajstić information content (AvgIpc) is 2.93. The largest absolute Gasteiger partial charge is 0.444 e. The number of rotatable bonds is 4. The summed E-state index contributed by atoms with van der Waals surface area (Å²) in [5, 5.41) is 3.59. The maximum absolute atomic E-state index is 12.1. The molecule has 23 heavy (non-hydrogen) atoms. The molecule has 1 aliphatic heterocycles. The number of amides is 1. The van der Waals surface area contributed by atoms with E-state index in [1.165, 1.54) is 11.1 Å². The van der Waals surface area contributed by atoms with Crippen LogP contribution in [0.1, 0.15) is 51.3 Å². The van der Waals surface area contributed by atoms with Crippen molar-refractivity contribution in [2.75, 3.05) is 19.6 Å². The van der Waals surface area contributed by atoms with E-state index in [-0.39, 0.29) is 6.09 Å². The van der Waals surface area contributed by atoms with E-state index in [2.05, 4.69) is 43.4 Å². The molecular formula is C19H30N2O2. The highest BCUT2D eigenvalue weighted by Crippen LogP contribution is 2.20.